The monoisotopic (exact) mass is 232 g/mol. The minimum Gasteiger partial charge on any atom is -0.339 e. The number of likely N-dealkylation sites (N-methyl/N-ethyl adjacent to an activating group) is 1. The lowest BCUT2D eigenvalue weighted by atomic mass is 10.2. The summed E-state index contributed by atoms with van der Waals surface area (Å²) < 4.78 is 5.16. The maximum absolute atomic E-state index is 5.16. The highest BCUT2D eigenvalue weighted by Gasteiger charge is 2.09. The standard InChI is InChI=1S/C12H16N4O/c1-3-13-6-5-11-15-12(16-17-11)10-8-9(2)4-7-14-10/h4,7-8,13H,3,5-6H2,1-2H3. The average Bonchev–Trinajstić information content (AvgIpc) is 2.78. The number of aryl methyl sites for hydroxylation is 1. The first-order chi connectivity index (χ1) is 8.29. The fourth-order valence-corrected chi connectivity index (χ4v) is 1.49. The zero-order chi connectivity index (χ0) is 12.1. The van der Waals surface area contributed by atoms with Crippen LogP contribution in [0.3, 0.4) is 0 Å². The fraction of sp³-hybridized carbons (Fsp3) is 0.417. The van der Waals surface area contributed by atoms with Crippen molar-refractivity contribution in [2.45, 2.75) is 20.3 Å². The molecule has 1 N–H and O–H groups in total. The van der Waals surface area contributed by atoms with E-state index in [0.717, 1.165) is 30.8 Å². The van der Waals surface area contributed by atoms with E-state index >= 15 is 0 Å². The Hall–Kier alpha value is -1.75. The van der Waals surface area contributed by atoms with Crippen LogP contribution in [0, 0.1) is 6.92 Å². The van der Waals surface area contributed by atoms with Crippen LogP contribution in [-0.4, -0.2) is 28.2 Å². The van der Waals surface area contributed by atoms with Crippen LogP contribution >= 0.6 is 0 Å². The quantitative estimate of drug-likeness (QED) is 0.793. The summed E-state index contributed by atoms with van der Waals surface area (Å²) in [4.78, 5) is 8.53. The molecule has 0 unspecified atom stereocenters. The second-order valence-electron chi connectivity index (χ2n) is 3.83. The van der Waals surface area contributed by atoms with Crippen molar-refractivity contribution in [3.63, 3.8) is 0 Å². The molecule has 0 bridgehead atoms. The van der Waals surface area contributed by atoms with Gasteiger partial charge in [0.05, 0.1) is 0 Å². The lowest BCUT2D eigenvalue weighted by molar-refractivity contribution is 0.376. The van der Waals surface area contributed by atoms with E-state index < -0.39 is 0 Å². The highest BCUT2D eigenvalue weighted by molar-refractivity contribution is 5.48. The Kier molecular flexibility index (Phi) is 3.82. The molecule has 0 aliphatic rings. The number of hydrogen-bond donors (Lipinski definition) is 1. The Morgan fingerprint density at radius 1 is 1.41 bits per heavy atom. The molecule has 2 rings (SSSR count). The van der Waals surface area contributed by atoms with Crippen LogP contribution in [0.15, 0.2) is 22.9 Å². The van der Waals surface area contributed by atoms with Crippen molar-refractivity contribution in [1.29, 1.82) is 0 Å². The predicted octanol–water partition coefficient (Wildman–Crippen LogP) is 1.59. The van der Waals surface area contributed by atoms with Crippen molar-refractivity contribution in [3.8, 4) is 11.5 Å². The summed E-state index contributed by atoms with van der Waals surface area (Å²) in [5, 5.41) is 7.14. The molecule has 0 amide bonds. The maximum atomic E-state index is 5.16. The van der Waals surface area contributed by atoms with Crippen molar-refractivity contribution in [2.24, 2.45) is 0 Å². The molecular weight excluding hydrogens is 216 g/mol. The molecule has 0 radical (unpaired) electrons. The van der Waals surface area contributed by atoms with Crippen LogP contribution in [0.2, 0.25) is 0 Å². The zero-order valence-electron chi connectivity index (χ0n) is 10.1. The number of rotatable bonds is 5. The first kappa shape index (κ1) is 11.7. The molecule has 0 fully saturated rings. The minimum absolute atomic E-state index is 0.556. The molecule has 0 saturated heterocycles. The Balaban J connectivity index is 2.07. The summed E-state index contributed by atoms with van der Waals surface area (Å²) in [6, 6.07) is 3.88. The van der Waals surface area contributed by atoms with E-state index in [2.05, 4.69) is 27.4 Å². The lowest BCUT2D eigenvalue weighted by Crippen LogP contribution is -2.16. The summed E-state index contributed by atoms with van der Waals surface area (Å²) in [5.41, 5.74) is 1.89. The highest BCUT2D eigenvalue weighted by atomic mass is 16.5. The molecule has 2 aromatic heterocycles. The van der Waals surface area contributed by atoms with Gasteiger partial charge in [0.2, 0.25) is 11.7 Å². The van der Waals surface area contributed by atoms with Crippen LogP contribution in [0.1, 0.15) is 18.4 Å². The third kappa shape index (κ3) is 3.10. The second-order valence-corrected chi connectivity index (χ2v) is 3.83. The van der Waals surface area contributed by atoms with E-state index in [-0.39, 0.29) is 0 Å². The Morgan fingerprint density at radius 3 is 3.06 bits per heavy atom. The molecule has 0 spiro atoms. The number of aromatic nitrogens is 3. The van der Waals surface area contributed by atoms with Gasteiger partial charge in [0.25, 0.3) is 0 Å². The van der Waals surface area contributed by atoms with Gasteiger partial charge in [-0.15, -0.1) is 0 Å². The van der Waals surface area contributed by atoms with Crippen LogP contribution < -0.4 is 5.32 Å². The molecule has 0 aromatic carbocycles. The van der Waals surface area contributed by atoms with Gasteiger partial charge in [-0.3, -0.25) is 4.98 Å². The molecule has 90 valence electrons. The van der Waals surface area contributed by atoms with Crippen molar-refractivity contribution in [3.05, 3.63) is 29.8 Å². The smallest absolute Gasteiger partial charge is 0.228 e. The summed E-state index contributed by atoms with van der Waals surface area (Å²) in [6.45, 7) is 5.87. The van der Waals surface area contributed by atoms with E-state index in [1.807, 2.05) is 19.1 Å². The van der Waals surface area contributed by atoms with Gasteiger partial charge in [-0.1, -0.05) is 12.1 Å². The number of nitrogens with zero attached hydrogens (tertiary/aromatic N) is 3. The van der Waals surface area contributed by atoms with E-state index in [4.69, 9.17) is 4.52 Å². The molecule has 0 aliphatic heterocycles. The molecule has 0 atom stereocenters. The van der Waals surface area contributed by atoms with Gasteiger partial charge in [-0.25, -0.2) is 0 Å². The van der Waals surface area contributed by atoms with Crippen LogP contribution in [0.5, 0.6) is 0 Å². The van der Waals surface area contributed by atoms with Crippen LogP contribution in [-0.2, 0) is 6.42 Å². The van der Waals surface area contributed by atoms with E-state index in [1.165, 1.54) is 0 Å². The molecular formula is C12H16N4O. The number of nitrogens with one attached hydrogen (secondary N) is 1. The van der Waals surface area contributed by atoms with Gasteiger partial charge in [0, 0.05) is 19.2 Å². The number of pyridine rings is 1. The molecule has 5 heteroatoms. The van der Waals surface area contributed by atoms with Gasteiger partial charge in [0.1, 0.15) is 5.69 Å². The topological polar surface area (TPSA) is 63.8 Å². The van der Waals surface area contributed by atoms with Crippen LogP contribution in [0.25, 0.3) is 11.5 Å². The molecule has 17 heavy (non-hydrogen) atoms. The van der Waals surface area contributed by atoms with E-state index in [9.17, 15) is 0 Å². The van der Waals surface area contributed by atoms with E-state index in [0.29, 0.717) is 11.7 Å². The number of hydrogen-bond acceptors (Lipinski definition) is 5. The third-order valence-electron chi connectivity index (χ3n) is 2.38. The molecule has 2 heterocycles. The maximum Gasteiger partial charge on any atom is 0.228 e. The summed E-state index contributed by atoms with van der Waals surface area (Å²) in [6.07, 6.45) is 2.49. The summed E-state index contributed by atoms with van der Waals surface area (Å²) in [7, 11) is 0. The molecule has 0 aliphatic carbocycles. The van der Waals surface area contributed by atoms with E-state index in [1.54, 1.807) is 6.20 Å². The molecule has 5 nitrogen and oxygen atoms in total. The van der Waals surface area contributed by atoms with Gasteiger partial charge >= 0.3 is 0 Å². The molecule has 2 aromatic rings. The fourth-order valence-electron chi connectivity index (χ4n) is 1.49. The Morgan fingerprint density at radius 2 is 2.29 bits per heavy atom. The zero-order valence-corrected chi connectivity index (χ0v) is 10.1. The summed E-state index contributed by atoms with van der Waals surface area (Å²) >= 11 is 0. The van der Waals surface area contributed by atoms with Crippen molar-refractivity contribution in [1.82, 2.24) is 20.4 Å². The predicted molar refractivity (Wildman–Crippen MR) is 64.5 cm³/mol. The van der Waals surface area contributed by atoms with Gasteiger partial charge in [-0.05, 0) is 31.2 Å². The first-order valence-corrected chi connectivity index (χ1v) is 5.76. The highest BCUT2D eigenvalue weighted by Crippen LogP contribution is 2.13. The lowest BCUT2D eigenvalue weighted by Gasteiger charge is -1.95. The van der Waals surface area contributed by atoms with Crippen LogP contribution in [0.4, 0.5) is 0 Å². The third-order valence-corrected chi connectivity index (χ3v) is 2.38. The van der Waals surface area contributed by atoms with Gasteiger partial charge < -0.3 is 9.84 Å². The first-order valence-electron chi connectivity index (χ1n) is 5.76. The van der Waals surface area contributed by atoms with Crippen molar-refractivity contribution in [2.75, 3.05) is 13.1 Å². The molecule has 0 saturated carbocycles. The normalized spacial score (nSPS) is 10.7. The Labute approximate surface area is 100 Å². The van der Waals surface area contributed by atoms with Crippen molar-refractivity contribution >= 4 is 0 Å². The SMILES string of the molecule is CCNCCc1nc(-c2cc(C)ccn2)no1. The van der Waals surface area contributed by atoms with Gasteiger partial charge in [0.15, 0.2) is 0 Å². The summed E-state index contributed by atoms with van der Waals surface area (Å²) in [5.74, 6) is 1.20. The average molecular weight is 232 g/mol. The van der Waals surface area contributed by atoms with Crippen molar-refractivity contribution < 1.29 is 4.52 Å². The Bertz CT molecular complexity index is 481. The largest absolute Gasteiger partial charge is 0.339 e. The van der Waals surface area contributed by atoms with Gasteiger partial charge in [-0.2, -0.15) is 4.98 Å². The second kappa shape index (κ2) is 5.54. The minimum atomic E-state index is 0.556.